The first kappa shape index (κ1) is 14.6. The van der Waals surface area contributed by atoms with E-state index >= 15 is 0 Å². The number of aromatic amines is 1. The maximum absolute atomic E-state index is 12.5. The van der Waals surface area contributed by atoms with Crippen molar-refractivity contribution in [3.05, 3.63) is 35.5 Å². The van der Waals surface area contributed by atoms with Gasteiger partial charge in [0, 0.05) is 23.6 Å². The van der Waals surface area contributed by atoms with Crippen molar-refractivity contribution >= 4 is 22.8 Å². The van der Waals surface area contributed by atoms with Crippen LogP contribution in [0.4, 0.5) is 0 Å². The molecule has 1 saturated heterocycles. The number of carbonyl (C=O) groups excluding carboxylic acids is 1. The lowest BCUT2D eigenvalue weighted by Crippen LogP contribution is -2.41. The molecule has 5 nitrogen and oxygen atoms in total. The predicted octanol–water partition coefficient (Wildman–Crippen LogP) is 2.35. The second-order valence-electron chi connectivity index (χ2n) is 5.77. The number of carboxylic acid groups (broad SMARTS) is 1. The molecule has 0 radical (unpaired) electrons. The highest BCUT2D eigenvalue weighted by atomic mass is 16.4. The molecule has 0 unspecified atom stereocenters. The van der Waals surface area contributed by atoms with Gasteiger partial charge in [0.2, 0.25) is 5.91 Å². The Morgan fingerprint density at radius 2 is 2.18 bits per heavy atom. The normalized spacial score (nSPS) is 18.0. The van der Waals surface area contributed by atoms with Crippen molar-refractivity contribution in [1.82, 2.24) is 9.88 Å². The number of hydrogen-bond acceptors (Lipinski definition) is 2. The number of aliphatic carboxylic acids is 1. The molecule has 2 heterocycles. The molecule has 1 atom stereocenters. The molecular weight excluding hydrogens is 280 g/mol. The lowest BCUT2D eigenvalue weighted by atomic mass is 10.0. The van der Waals surface area contributed by atoms with E-state index in [4.69, 9.17) is 0 Å². The zero-order chi connectivity index (χ0) is 15.7. The molecular formula is C17H20N2O3. The van der Waals surface area contributed by atoms with Crippen molar-refractivity contribution in [2.45, 2.75) is 38.6 Å². The Hall–Kier alpha value is -2.30. The molecule has 22 heavy (non-hydrogen) atoms. The number of nitrogens with one attached hydrogen (secondary N) is 1. The first-order chi connectivity index (χ1) is 10.6. The van der Waals surface area contributed by atoms with Gasteiger partial charge in [-0.2, -0.15) is 0 Å². The number of carboxylic acids is 1. The van der Waals surface area contributed by atoms with E-state index in [1.807, 2.05) is 18.3 Å². The summed E-state index contributed by atoms with van der Waals surface area (Å²) in [5, 5.41) is 10.3. The number of hydrogen-bond donors (Lipinski definition) is 2. The van der Waals surface area contributed by atoms with Crippen LogP contribution in [0.2, 0.25) is 0 Å². The molecule has 0 spiro atoms. The molecule has 1 fully saturated rings. The highest BCUT2D eigenvalue weighted by Gasteiger charge is 2.33. The summed E-state index contributed by atoms with van der Waals surface area (Å²) in [4.78, 5) is 28.4. The van der Waals surface area contributed by atoms with Crippen LogP contribution in [-0.4, -0.2) is 39.5 Å². The van der Waals surface area contributed by atoms with Crippen LogP contribution in [0.5, 0.6) is 0 Å². The number of carbonyl (C=O) groups is 2. The molecule has 2 aromatic rings. The summed E-state index contributed by atoms with van der Waals surface area (Å²) in [6.07, 6.45) is 4.36. The molecule has 1 aliphatic heterocycles. The van der Waals surface area contributed by atoms with Gasteiger partial charge in [-0.1, -0.05) is 25.1 Å². The third kappa shape index (κ3) is 2.47. The number of H-pyrrole nitrogens is 1. The summed E-state index contributed by atoms with van der Waals surface area (Å²) in [6.45, 7) is 2.64. The van der Waals surface area contributed by atoms with E-state index in [2.05, 4.69) is 18.0 Å². The third-order valence-corrected chi connectivity index (χ3v) is 4.47. The maximum atomic E-state index is 12.5. The Morgan fingerprint density at radius 3 is 2.91 bits per heavy atom. The fourth-order valence-corrected chi connectivity index (χ4v) is 3.30. The van der Waals surface area contributed by atoms with Crippen molar-refractivity contribution in [1.29, 1.82) is 0 Å². The monoisotopic (exact) mass is 300 g/mol. The van der Waals surface area contributed by atoms with E-state index in [0.717, 1.165) is 29.3 Å². The van der Waals surface area contributed by atoms with Gasteiger partial charge in [0.05, 0.1) is 6.42 Å². The van der Waals surface area contributed by atoms with Crippen LogP contribution in [0, 0.1) is 0 Å². The van der Waals surface area contributed by atoms with Gasteiger partial charge in [0.15, 0.2) is 0 Å². The molecule has 3 rings (SSSR count). The lowest BCUT2D eigenvalue weighted by molar-refractivity contribution is -0.147. The first-order valence-corrected chi connectivity index (χ1v) is 7.72. The highest BCUT2D eigenvalue weighted by molar-refractivity contribution is 5.92. The highest BCUT2D eigenvalue weighted by Crippen LogP contribution is 2.24. The average molecular weight is 300 g/mol. The van der Waals surface area contributed by atoms with E-state index < -0.39 is 12.0 Å². The van der Waals surface area contributed by atoms with Crippen LogP contribution >= 0.6 is 0 Å². The number of likely N-dealkylation sites (tertiary alicyclic amines) is 1. The smallest absolute Gasteiger partial charge is 0.326 e. The van der Waals surface area contributed by atoms with Crippen molar-refractivity contribution in [2.75, 3.05) is 6.54 Å². The number of fused-ring (bicyclic) bond motifs is 1. The van der Waals surface area contributed by atoms with Crippen molar-refractivity contribution in [2.24, 2.45) is 0 Å². The topological polar surface area (TPSA) is 73.4 Å². The summed E-state index contributed by atoms with van der Waals surface area (Å²) in [5.41, 5.74) is 3.23. The number of benzene rings is 1. The SMILES string of the molecule is CCc1cccc2c(CC(=O)N3CCC[C@H]3C(=O)O)c[nH]c12. The van der Waals surface area contributed by atoms with E-state index in [1.165, 1.54) is 10.5 Å². The van der Waals surface area contributed by atoms with Crippen LogP contribution in [0.3, 0.4) is 0 Å². The summed E-state index contributed by atoms with van der Waals surface area (Å²) in [5.74, 6) is -1.01. The summed E-state index contributed by atoms with van der Waals surface area (Å²) < 4.78 is 0. The second kappa shape index (κ2) is 5.83. The lowest BCUT2D eigenvalue weighted by Gasteiger charge is -2.21. The number of rotatable bonds is 4. The van der Waals surface area contributed by atoms with E-state index in [-0.39, 0.29) is 12.3 Å². The largest absolute Gasteiger partial charge is 0.480 e. The minimum Gasteiger partial charge on any atom is -0.480 e. The number of para-hydroxylation sites is 1. The second-order valence-corrected chi connectivity index (χ2v) is 5.77. The number of amides is 1. The molecule has 2 N–H and O–H groups in total. The summed E-state index contributed by atoms with van der Waals surface area (Å²) in [7, 11) is 0. The standard InChI is InChI=1S/C17H20N2O3/c1-2-11-5-3-6-13-12(10-18-16(11)13)9-15(20)19-8-4-7-14(19)17(21)22/h3,5-6,10,14,18H,2,4,7-9H2,1H3,(H,21,22)/t14-/m0/s1. The fourth-order valence-electron chi connectivity index (χ4n) is 3.30. The van der Waals surface area contributed by atoms with E-state index in [9.17, 15) is 14.7 Å². The fraction of sp³-hybridized carbons (Fsp3) is 0.412. The van der Waals surface area contributed by atoms with Gasteiger partial charge < -0.3 is 15.0 Å². The van der Waals surface area contributed by atoms with Crippen molar-refractivity contribution in [3.63, 3.8) is 0 Å². The Bertz CT molecular complexity index is 720. The van der Waals surface area contributed by atoms with Gasteiger partial charge in [-0.05, 0) is 30.4 Å². The number of aromatic nitrogens is 1. The van der Waals surface area contributed by atoms with Gasteiger partial charge in [-0.3, -0.25) is 4.79 Å². The Kier molecular flexibility index (Phi) is 3.88. The molecule has 116 valence electrons. The van der Waals surface area contributed by atoms with Crippen molar-refractivity contribution in [3.8, 4) is 0 Å². The molecule has 5 heteroatoms. The van der Waals surface area contributed by atoms with Crippen LogP contribution in [0.25, 0.3) is 10.9 Å². The van der Waals surface area contributed by atoms with Gasteiger partial charge in [-0.25, -0.2) is 4.79 Å². The minimum absolute atomic E-state index is 0.104. The predicted molar refractivity (Wildman–Crippen MR) is 83.8 cm³/mol. The minimum atomic E-state index is -0.905. The quantitative estimate of drug-likeness (QED) is 0.910. The first-order valence-electron chi connectivity index (χ1n) is 7.72. The molecule has 1 aromatic heterocycles. The maximum Gasteiger partial charge on any atom is 0.326 e. The number of nitrogens with zero attached hydrogens (tertiary/aromatic N) is 1. The molecule has 1 aliphatic rings. The van der Waals surface area contributed by atoms with E-state index in [0.29, 0.717) is 13.0 Å². The Morgan fingerprint density at radius 1 is 1.36 bits per heavy atom. The number of aryl methyl sites for hydroxylation is 1. The summed E-state index contributed by atoms with van der Waals surface area (Å²) in [6, 6.07) is 5.42. The zero-order valence-electron chi connectivity index (χ0n) is 12.6. The Balaban J connectivity index is 1.84. The molecule has 0 aliphatic carbocycles. The Labute approximate surface area is 128 Å². The van der Waals surface area contributed by atoms with Gasteiger partial charge in [0.25, 0.3) is 0 Å². The van der Waals surface area contributed by atoms with Crippen LogP contribution < -0.4 is 0 Å². The summed E-state index contributed by atoms with van der Waals surface area (Å²) >= 11 is 0. The van der Waals surface area contributed by atoms with Crippen LogP contribution in [-0.2, 0) is 22.4 Å². The molecule has 0 bridgehead atoms. The zero-order valence-corrected chi connectivity index (χ0v) is 12.6. The van der Waals surface area contributed by atoms with E-state index in [1.54, 1.807) is 0 Å². The van der Waals surface area contributed by atoms with Crippen molar-refractivity contribution < 1.29 is 14.7 Å². The third-order valence-electron chi connectivity index (χ3n) is 4.47. The average Bonchev–Trinajstić information content (AvgIpc) is 3.14. The molecule has 1 amide bonds. The van der Waals surface area contributed by atoms with Gasteiger partial charge >= 0.3 is 5.97 Å². The molecule has 1 aromatic carbocycles. The van der Waals surface area contributed by atoms with Crippen LogP contribution in [0.15, 0.2) is 24.4 Å². The molecule has 0 saturated carbocycles. The van der Waals surface area contributed by atoms with Gasteiger partial charge in [0.1, 0.15) is 6.04 Å². The van der Waals surface area contributed by atoms with Crippen LogP contribution in [0.1, 0.15) is 30.9 Å². The van der Waals surface area contributed by atoms with Gasteiger partial charge in [-0.15, -0.1) is 0 Å².